The third-order valence-electron chi connectivity index (χ3n) is 5.41. The molecule has 4 rings (SSSR count). The van der Waals surface area contributed by atoms with Gasteiger partial charge in [0.2, 0.25) is 0 Å². The second-order valence-corrected chi connectivity index (χ2v) is 7.21. The summed E-state index contributed by atoms with van der Waals surface area (Å²) in [5.74, 6) is 2.44. The molecule has 1 aromatic carbocycles. The fourth-order valence-corrected chi connectivity index (χ4v) is 4.19. The molecule has 0 amide bonds. The van der Waals surface area contributed by atoms with Crippen LogP contribution in [0.5, 0.6) is 5.75 Å². The summed E-state index contributed by atoms with van der Waals surface area (Å²) in [4.78, 5) is 7.15. The summed E-state index contributed by atoms with van der Waals surface area (Å²) in [6.45, 7) is 2.82. The highest BCUT2D eigenvalue weighted by Crippen LogP contribution is 2.37. The molecule has 1 N–H and O–H groups in total. The van der Waals surface area contributed by atoms with E-state index in [9.17, 15) is 9.50 Å². The van der Waals surface area contributed by atoms with Gasteiger partial charge in [-0.3, -0.25) is 4.90 Å². The first kappa shape index (κ1) is 17.4. The Hall–Kier alpha value is -1.99. The summed E-state index contributed by atoms with van der Waals surface area (Å²) in [7, 11) is 0. The van der Waals surface area contributed by atoms with Crippen molar-refractivity contribution in [3.05, 3.63) is 41.7 Å². The molecule has 2 heterocycles. The van der Waals surface area contributed by atoms with Gasteiger partial charge in [0, 0.05) is 31.6 Å². The van der Waals surface area contributed by atoms with Crippen molar-refractivity contribution in [2.75, 3.05) is 19.7 Å². The standard InChI is InChI=1S/C19H25FN4O2/c20-15-2-1-3-17(11-15)26-13-18-21-19(24(22-18)8-9-25)6-7-23-12-14-4-5-16(23)10-14/h1-3,11,14,16,25H,4-10,12-13H2/t14-,16+/m1/s1. The van der Waals surface area contributed by atoms with Gasteiger partial charge in [-0.05, 0) is 37.3 Å². The van der Waals surface area contributed by atoms with Crippen LogP contribution in [0.2, 0.25) is 0 Å². The largest absolute Gasteiger partial charge is 0.485 e. The van der Waals surface area contributed by atoms with E-state index < -0.39 is 0 Å². The molecule has 0 radical (unpaired) electrons. The summed E-state index contributed by atoms with van der Waals surface area (Å²) in [5, 5.41) is 13.7. The monoisotopic (exact) mass is 360 g/mol. The van der Waals surface area contributed by atoms with Crippen LogP contribution in [-0.2, 0) is 19.6 Å². The molecule has 2 bridgehead atoms. The minimum absolute atomic E-state index is 0.0228. The van der Waals surface area contributed by atoms with Crippen molar-refractivity contribution >= 4 is 0 Å². The molecule has 2 aliphatic rings. The molecule has 1 saturated heterocycles. The second kappa shape index (κ2) is 7.72. The Morgan fingerprint density at radius 1 is 1.27 bits per heavy atom. The first-order valence-electron chi connectivity index (χ1n) is 9.37. The van der Waals surface area contributed by atoms with Crippen LogP contribution in [0.25, 0.3) is 0 Å². The molecule has 26 heavy (non-hydrogen) atoms. The second-order valence-electron chi connectivity index (χ2n) is 7.21. The Bertz CT molecular complexity index is 751. The number of piperidine rings is 1. The number of likely N-dealkylation sites (tertiary alicyclic amines) is 1. The summed E-state index contributed by atoms with van der Waals surface area (Å²) in [6, 6.07) is 6.78. The maximum Gasteiger partial charge on any atom is 0.188 e. The highest BCUT2D eigenvalue weighted by atomic mass is 19.1. The Morgan fingerprint density at radius 2 is 2.19 bits per heavy atom. The SMILES string of the molecule is OCCn1nc(COc2cccc(F)c2)nc1CCN1C[C@@H]2CC[C@H]1C2. The van der Waals surface area contributed by atoms with Gasteiger partial charge in [-0.1, -0.05) is 6.07 Å². The Morgan fingerprint density at radius 3 is 2.92 bits per heavy atom. The predicted octanol–water partition coefficient (Wildman–Crippen LogP) is 2.02. The summed E-state index contributed by atoms with van der Waals surface area (Å²) < 4.78 is 20.6. The average Bonchev–Trinajstić information content (AvgIpc) is 3.34. The van der Waals surface area contributed by atoms with Gasteiger partial charge in [-0.25, -0.2) is 14.1 Å². The number of halogens is 1. The van der Waals surface area contributed by atoms with Gasteiger partial charge >= 0.3 is 0 Å². The molecule has 7 heteroatoms. The average molecular weight is 360 g/mol. The number of hydrogen-bond donors (Lipinski definition) is 1. The van der Waals surface area contributed by atoms with Gasteiger partial charge in [0.15, 0.2) is 5.82 Å². The van der Waals surface area contributed by atoms with Gasteiger partial charge in [-0.15, -0.1) is 0 Å². The van der Waals surface area contributed by atoms with E-state index in [2.05, 4.69) is 15.0 Å². The van der Waals surface area contributed by atoms with Crippen molar-refractivity contribution in [3.8, 4) is 5.75 Å². The fraction of sp³-hybridized carbons (Fsp3) is 0.579. The Kier molecular flexibility index (Phi) is 5.17. The maximum absolute atomic E-state index is 13.2. The number of aliphatic hydroxyl groups excluding tert-OH is 1. The van der Waals surface area contributed by atoms with Crippen LogP contribution in [0.4, 0.5) is 4.39 Å². The molecular formula is C19H25FN4O2. The van der Waals surface area contributed by atoms with E-state index in [0.29, 0.717) is 18.1 Å². The molecule has 2 aromatic rings. The van der Waals surface area contributed by atoms with E-state index in [1.807, 2.05) is 0 Å². The Labute approximate surface area is 152 Å². The number of rotatable bonds is 8. The maximum atomic E-state index is 13.2. The zero-order chi connectivity index (χ0) is 17.9. The van der Waals surface area contributed by atoms with Crippen LogP contribution in [0, 0.1) is 11.7 Å². The van der Waals surface area contributed by atoms with E-state index in [1.54, 1.807) is 16.8 Å². The topological polar surface area (TPSA) is 63.4 Å². The van der Waals surface area contributed by atoms with Crippen LogP contribution in [-0.4, -0.2) is 50.5 Å². The summed E-state index contributed by atoms with van der Waals surface area (Å²) in [5.41, 5.74) is 0. The van der Waals surface area contributed by atoms with Crippen LogP contribution in [0.1, 0.15) is 30.9 Å². The molecule has 0 unspecified atom stereocenters. The molecule has 140 valence electrons. The zero-order valence-corrected chi connectivity index (χ0v) is 14.9. The Balaban J connectivity index is 1.37. The minimum Gasteiger partial charge on any atom is -0.485 e. The molecule has 6 nitrogen and oxygen atoms in total. The van der Waals surface area contributed by atoms with Gasteiger partial charge in [0.05, 0.1) is 13.2 Å². The quantitative estimate of drug-likeness (QED) is 0.780. The smallest absolute Gasteiger partial charge is 0.188 e. The minimum atomic E-state index is -0.332. The molecular weight excluding hydrogens is 335 g/mol. The number of aromatic nitrogens is 3. The lowest BCUT2D eigenvalue weighted by molar-refractivity contribution is 0.212. The van der Waals surface area contributed by atoms with Crippen molar-refractivity contribution in [2.45, 2.75) is 44.9 Å². The first-order chi connectivity index (χ1) is 12.7. The van der Waals surface area contributed by atoms with E-state index in [4.69, 9.17) is 4.74 Å². The summed E-state index contributed by atoms with van der Waals surface area (Å²) in [6.07, 6.45) is 4.86. The van der Waals surface area contributed by atoms with Crippen molar-refractivity contribution in [1.29, 1.82) is 0 Å². The van der Waals surface area contributed by atoms with Gasteiger partial charge < -0.3 is 9.84 Å². The normalized spacial score (nSPS) is 22.2. The van der Waals surface area contributed by atoms with Gasteiger partial charge in [0.1, 0.15) is 24.0 Å². The number of fused-ring (bicyclic) bond motifs is 2. The van der Waals surface area contributed by atoms with Gasteiger partial charge in [0.25, 0.3) is 0 Å². The van der Waals surface area contributed by atoms with Crippen molar-refractivity contribution in [3.63, 3.8) is 0 Å². The van der Waals surface area contributed by atoms with Crippen LogP contribution >= 0.6 is 0 Å². The zero-order valence-electron chi connectivity index (χ0n) is 14.9. The van der Waals surface area contributed by atoms with E-state index in [-0.39, 0.29) is 19.0 Å². The highest BCUT2D eigenvalue weighted by Gasteiger charge is 2.37. The van der Waals surface area contributed by atoms with E-state index >= 15 is 0 Å². The molecule has 2 fully saturated rings. The van der Waals surface area contributed by atoms with E-state index in [1.165, 1.54) is 37.9 Å². The number of benzene rings is 1. The molecule has 1 aliphatic carbocycles. The third kappa shape index (κ3) is 3.88. The predicted molar refractivity (Wildman–Crippen MR) is 94.2 cm³/mol. The van der Waals surface area contributed by atoms with Crippen molar-refractivity contribution in [1.82, 2.24) is 19.7 Å². The van der Waals surface area contributed by atoms with E-state index in [0.717, 1.165) is 30.7 Å². The lowest BCUT2D eigenvalue weighted by Crippen LogP contribution is -2.34. The number of hydrogen-bond acceptors (Lipinski definition) is 5. The van der Waals surface area contributed by atoms with Gasteiger partial charge in [-0.2, -0.15) is 5.10 Å². The van der Waals surface area contributed by atoms with Crippen LogP contribution in [0.15, 0.2) is 24.3 Å². The molecule has 1 aliphatic heterocycles. The van der Waals surface area contributed by atoms with Crippen LogP contribution < -0.4 is 4.74 Å². The lowest BCUT2D eigenvalue weighted by atomic mass is 10.1. The summed E-state index contributed by atoms with van der Waals surface area (Å²) >= 11 is 0. The van der Waals surface area contributed by atoms with Crippen molar-refractivity contribution < 1.29 is 14.2 Å². The number of aliphatic hydroxyl groups is 1. The highest BCUT2D eigenvalue weighted by molar-refractivity contribution is 5.22. The number of ether oxygens (including phenoxy) is 1. The number of nitrogens with zero attached hydrogens (tertiary/aromatic N) is 4. The third-order valence-corrected chi connectivity index (χ3v) is 5.41. The molecule has 0 spiro atoms. The first-order valence-corrected chi connectivity index (χ1v) is 9.37. The lowest BCUT2D eigenvalue weighted by Gasteiger charge is -2.26. The molecule has 1 aromatic heterocycles. The molecule has 2 atom stereocenters. The molecule has 1 saturated carbocycles. The van der Waals surface area contributed by atoms with Crippen LogP contribution in [0.3, 0.4) is 0 Å². The van der Waals surface area contributed by atoms with Crippen molar-refractivity contribution in [2.24, 2.45) is 5.92 Å². The fourth-order valence-electron chi connectivity index (χ4n) is 4.19.